The molecule has 4 N–H and O–H groups in total. The lowest BCUT2D eigenvalue weighted by atomic mass is 10.1. The van der Waals surface area contributed by atoms with Crippen molar-refractivity contribution in [2.24, 2.45) is 0 Å². The highest BCUT2D eigenvalue weighted by atomic mass is 32.1. The Kier molecular flexibility index (Phi) is 4.62. The van der Waals surface area contributed by atoms with Crippen LogP contribution in [0.4, 0.5) is 4.79 Å². The normalized spacial score (nSPS) is 13.7. The third-order valence-corrected chi connectivity index (χ3v) is 3.04. The summed E-state index contributed by atoms with van der Waals surface area (Å²) in [5.74, 6) is -1.39. The predicted octanol–water partition coefficient (Wildman–Crippen LogP) is 0.0863. The molecule has 1 unspecified atom stereocenters. The molecule has 0 aliphatic heterocycles. The Hall–Kier alpha value is -1.67. The van der Waals surface area contributed by atoms with Gasteiger partial charge >= 0.3 is 12.0 Å². The number of aryl methyl sites for hydroxylation is 1. The summed E-state index contributed by atoms with van der Waals surface area (Å²) in [4.78, 5) is 27.0. The van der Waals surface area contributed by atoms with Crippen LogP contribution in [0.5, 0.6) is 0 Å². The maximum absolute atomic E-state index is 11.3. The van der Waals surface area contributed by atoms with Crippen LogP contribution < -0.4 is 10.6 Å². The number of hydrogen-bond donors (Lipinski definition) is 4. The fourth-order valence-electron chi connectivity index (χ4n) is 1.03. The molecule has 0 spiro atoms. The molecule has 1 aromatic heterocycles. The van der Waals surface area contributed by atoms with Crippen LogP contribution >= 0.6 is 11.3 Å². The van der Waals surface area contributed by atoms with Crippen molar-refractivity contribution in [2.75, 3.05) is 6.54 Å². The van der Waals surface area contributed by atoms with Crippen LogP contribution in [0.2, 0.25) is 0 Å². The zero-order valence-electron chi connectivity index (χ0n) is 10.1. The van der Waals surface area contributed by atoms with Gasteiger partial charge in [-0.05, 0) is 13.8 Å². The van der Waals surface area contributed by atoms with E-state index in [9.17, 15) is 14.7 Å². The SMILES string of the molecule is Cc1cnc(CNC(=O)NCC(C)(O)C(=O)O)s1. The fourth-order valence-corrected chi connectivity index (χ4v) is 1.76. The molecule has 0 aliphatic rings. The number of carboxylic acids is 1. The molecule has 2 amide bonds. The average molecular weight is 273 g/mol. The monoisotopic (exact) mass is 273 g/mol. The number of carbonyl (C=O) groups excluding carboxylic acids is 1. The second kappa shape index (κ2) is 5.78. The van der Waals surface area contributed by atoms with E-state index in [0.717, 1.165) is 16.8 Å². The first-order valence-corrected chi connectivity index (χ1v) is 6.01. The van der Waals surface area contributed by atoms with E-state index in [1.54, 1.807) is 6.20 Å². The Labute approximate surface area is 108 Å². The summed E-state index contributed by atoms with van der Waals surface area (Å²) in [5, 5.41) is 23.6. The number of carboxylic acid groups (broad SMARTS) is 1. The summed E-state index contributed by atoms with van der Waals surface area (Å²) in [6, 6.07) is -0.552. The number of hydrogen-bond acceptors (Lipinski definition) is 5. The van der Waals surface area contributed by atoms with Gasteiger partial charge in [0.25, 0.3) is 0 Å². The van der Waals surface area contributed by atoms with E-state index in [0.29, 0.717) is 0 Å². The van der Waals surface area contributed by atoms with Crippen molar-refractivity contribution in [3.63, 3.8) is 0 Å². The van der Waals surface area contributed by atoms with Crippen molar-refractivity contribution >= 4 is 23.3 Å². The Balaban J connectivity index is 2.32. The highest BCUT2D eigenvalue weighted by Gasteiger charge is 2.30. The minimum absolute atomic E-state index is 0.263. The molecular formula is C10H15N3O4S. The molecule has 100 valence electrons. The number of urea groups is 1. The molecule has 7 nitrogen and oxygen atoms in total. The summed E-state index contributed by atoms with van der Waals surface area (Å²) in [7, 11) is 0. The summed E-state index contributed by atoms with van der Waals surface area (Å²) in [5.41, 5.74) is -1.98. The van der Waals surface area contributed by atoms with Crippen LogP contribution in [0.3, 0.4) is 0 Å². The fraction of sp³-hybridized carbons (Fsp3) is 0.500. The van der Waals surface area contributed by atoms with Gasteiger partial charge < -0.3 is 20.8 Å². The standard InChI is InChI=1S/C10H15N3O4S/c1-6-3-11-7(18-6)4-12-9(16)13-5-10(2,17)8(14)15/h3,17H,4-5H2,1-2H3,(H,14,15)(H2,12,13,16). The molecule has 1 rings (SSSR count). The van der Waals surface area contributed by atoms with Crippen molar-refractivity contribution in [1.29, 1.82) is 0 Å². The Bertz CT molecular complexity index is 444. The van der Waals surface area contributed by atoms with Gasteiger partial charge in [0.2, 0.25) is 0 Å². The molecule has 1 aromatic rings. The first-order valence-electron chi connectivity index (χ1n) is 5.20. The van der Waals surface area contributed by atoms with E-state index in [1.807, 2.05) is 6.92 Å². The van der Waals surface area contributed by atoms with Crippen LogP contribution in [-0.2, 0) is 11.3 Å². The minimum Gasteiger partial charge on any atom is -0.479 e. The number of rotatable bonds is 5. The number of carbonyl (C=O) groups is 2. The zero-order valence-corrected chi connectivity index (χ0v) is 10.9. The highest BCUT2D eigenvalue weighted by molar-refractivity contribution is 7.11. The van der Waals surface area contributed by atoms with Crippen molar-refractivity contribution in [3.8, 4) is 0 Å². The number of amides is 2. The molecule has 0 aliphatic carbocycles. The largest absolute Gasteiger partial charge is 0.479 e. The van der Waals surface area contributed by atoms with E-state index in [1.165, 1.54) is 11.3 Å². The van der Waals surface area contributed by atoms with Crippen LogP contribution in [0.25, 0.3) is 0 Å². The van der Waals surface area contributed by atoms with Crippen molar-refractivity contribution < 1.29 is 19.8 Å². The second-order valence-electron chi connectivity index (χ2n) is 3.98. The molecule has 0 fully saturated rings. The molecule has 0 saturated heterocycles. The summed E-state index contributed by atoms with van der Waals surface area (Å²) < 4.78 is 0. The molecule has 0 bridgehead atoms. The molecule has 0 aromatic carbocycles. The molecule has 1 atom stereocenters. The van der Waals surface area contributed by atoms with Gasteiger partial charge in [0.05, 0.1) is 13.1 Å². The lowest BCUT2D eigenvalue weighted by molar-refractivity contribution is -0.155. The van der Waals surface area contributed by atoms with Crippen molar-refractivity contribution in [1.82, 2.24) is 15.6 Å². The number of aliphatic carboxylic acids is 1. The number of nitrogens with zero attached hydrogens (tertiary/aromatic N) is 1. The van der Waals surface area contributed by atoms with Crippen LogP contribution in [0, 0.1) is 6.92 Å². The maximum atomic E-state index is 11.3. The van der Waals surface area contributed by atoms with Gasteiger partial charge in [-0.25, -0.2) is 14.6 Å². The van der Waals surface area contributed by atoms with Crippen LogP contribution in [0.1, 0.15) is 16.8 Å². The van der Waals surface area contributed by atoms with Gasteiger partial charge in [-0.2, -0.15) is 0 Å². The lowest BCUT2D eigenvalue weighted by Crippen LogP contribution is -2.48. The Morgan fingerprint density at radius 3 is 2.67 bits per heavy atom. The quantitative estimate of drug-likeness (QED) is 0.607. The summed E-state index contributed by atoms with van der Waals surface area (Å²) >= 11 is 1.46. The number of aromatic nitrogens is 1. The van der Waals surface area contributed by atoms with E-state index < -0.39 is 17.6 Å². The Morgan fingerprint density at radius 2 is 2.17 bits per heavy atom. The summed E-state index contributed by atoms with van der Waals surface area (Å²) in [6.07, 6.45) is 1.70. The van der Waals surface area contributed by atoms with Crippen LogP contribution in [0.15, 0.2) is 6.20 Å². The molecule has 8 heteroatoms. The number of thiazole rings is 1. The number of nitrogens with one attached hydrogen (secondary N) is 2. The highest BCUT2D eigenvalue weighted by Crippen LogP contribution is 2.10. The molecule has 0 radical (unpaired) electrons. The first kappa shape index (κ1) is 14.4. The zero-order chi connectivity index (χ0) is 13.8. The molecule has 18 heavy (non-hydrogen) atoms. The minimum atomic E-state index is -1.98. The molecule has 1 heterocycles. The Morgan fingerprint density at radius 1 is 1.50 bits per heavy atom. The van der Waals surface area contributed by atoms with Crippen LogP contribution in [-0.4, -0.2) is 39.3 Å². The van der Waals surface area contributed by atoms with E-state index in [4.69, 9.17) is 5.11 Å². The van der Waals surface area contributed by atoms with Gasteiger partial charge in [0.15, 0.2) is 5.60 Å². The van der Waals surface area contributed by atoms with Crippen molar-refractivity contribution in [3.05, 3.63) is 16.1 Å². The van der Waals surface area contributed by atoms with E-state index >= 15 is 0 Å². The average Bonchev–Trinajstić information content (AvgIpc) is 2.69. The topological polar surface area (TPSA) is 112 Å². The van der Waals surface area contributed by atoms with Gasteiger partial charge in [0.1, 0.15) is 5.01 Å². The third-order valence-electron chi connectivity index (χ3n) is 2.12. The van der Waals surface area contributed by atoms with Crippen molar-refractivity contribution in [2.45, 2.75) is 26.0 Å². The van der Waals surface area contributed by atoms with E-state index in [-0.39, 0.29) is 13.1 Å². The first-order chi connectivity index (χ1) is 8.31. The van der Waals surface area contributed by atoms with E-state index in [2.05, 4.69) is 15.6 Å². The van der Waals surface area contributed by atoms with Gasteiger partial charge in [-0.1, -0.05) is 0 Å². The maximum Gasteiger partial charge on any atom is 0.337 e. The molecular weight excluding hydrogens is 258 g/mol. The van der Waals surface area contributed by atoms with Gasteiger partial charge in [-0.3, -0.25) is 0 Å². The van der Waals surface area contributed by atoms with Gasteiger partial charge in [-0.15, -0.1) is 11.3 Å². The summed E-state index contributed by atoms with van der Waals surface area (Å²) in [6.45, 7) is 2.91. The van der Waals surface area contributed by atoms with Gasteiger partial charge in [0, 0.05) is 11.1 Å². The second-order valence-corrected chi connectivity index (χ2v) is 5.30. The predicted molar refractivity (Wildman–Crippen MR) is 65.3 cm³/mol. The molecule has 0 saturated carbocycles. The lowest BCUT2D eigenvalue weighted by Gasteiger charge is -2.18. The number of aliphatic hydroxyl groups is 1. The smallest absolute Gasteiger partial charge is 0.337 e. The third kappa shape index (κ3) is 4.30.